The van der Waals surface area contributed by atoms with Crippen molar-refractivity contribution in [3.63, 3.8) is 0 Å². The van der Waals surface area contributed by atoms with Crippen LogP contribution in [0, 0.1) is 0 Å². The van der Waals surface area contributed by atoms with Crippen LogP contribution in [0.15, 0.2) is 25.0 Å². The van der Waals surface area contributed by atoms with Crippen LogP contribution in [-0.2, 0) is 13.1 Å². The largest absolute Gasteiger partial charge is 0.368 e. The summed E-state index contributed by atoms with van der Waals surface area (Å²) in [6.07, 6.45) is 6.63. The number of aromatic nitrogens is 8. The summed E-state index contributed by atoms with van der Waals surface area (Å²) >= 11 is 0. The lowest BCUT2D eigenvalue weighted by Gasteiger charge is -2.07. The standard InChI is InChI=1S/C11H14N10/c1-2-20-7-15-19-8(20)5-14-10-16-9(12)17-11(18-10)21-4-3-13-6-21/h3-4,6-7H,2,5H2,1H3,(H3,12,14,16,17,18). The minimum atomic E-state index is 0.133. The van der Waals surface area contributed by atoms with E-state index in [9.17, 15) is 0 Å². The van der Waals surface area contributed by atoms with Gasteiger partial charge >= 0.3 is 0 Å². The van der Waals surface area contributed by atoms with Crippen LogP contribution in [0.2, 0.25) is 0 Å². The van der Waals surface area contributed by atoms with Gasteiger partial charge in [-0.2, -0.15) is 15.0 Å². The molecule has 10 nitrogen and oxygen atoms in total. The maximum Gasteiger partial charge on any atom is 0.241 e. The third kappa shape index (κ3) is 2.78. The first kappa shape index (κ1) is 13.0. The van der Waals surface area contributed by atoms with E-state index in [1.165, 1.54) is 0 Å². The van der Waals surface area contributed by atoms with Crippen LogP contribution in [0.5, 0.6) is 0 Å². The van der Waals surface area contributed by atoms with E-state index in [0.717, 1.165) is 12.4 Å². The molecule has 0 saturated heterocycles. The quantitative estimate of drug-likeness (QED) is 0.664. The highest BCUT2D eigenvalue weighted by molar-refractivity contribution is 5.35. The maximum atomic E-state index is 5.70. The summed E-state index contributed by atoms with van der Waals surface area (Å²) in [7, 11) is 0. The molecule has 0 aliphatic rings. The first-order chi connectivity index (χ1) is 10.3. The van der Waals surface area contributed by atoms with Crippen molar-refractivity contribution >= 4 is 11.9 Å². The van der Waals surface area contributed by atoms with Gasteiger partial charge in [-0.25, -0.2) is 4.98 Å². The fourth-order valence-corrected chi connectivity index (χ4v) is 1.79. The van der Waals surface area contributed by atoms with Gasteiger partial charge in [-0.05, 0) is 6.92 Å². The zero-order valence-electron chi connectivity index (χ0n) is 11.4. The van der Waals surface area contributed by atoms with E-state index in [1.54, 1.807) is 29.6 Å². The van der Waals surface area contributed by atoms with Gasteiger partial charge in [0, 0.05) is 18.9 Å². The lowest BCUT2D eigenvalue weighted by molar-refractivity contribution is 0.706. The summed E-state index contributed by atoms with van der Waals surface area (Å²) in [5, 5.41) is 11.0. The predicted molar refractivity (Wildman–Crippen MR) is 74.4 cm³/mol. The number of nitrogens with zero attached hydrogens (tertiary/aromatic N) is 8. The van der Waals surface area contributed by atoms with Gasteiger partial charge in [0.2, 0.25) is 17.8 Å². The van der Waals surface area contributed by atoms with E-state index < -0.39 is 0 Å². The van der Waals surface area contributed by atoms with Gasteiger partial charge in [-0.15, -0.1) is 10.2 Å². The van der Waals surface area contributed by atoms with Crippen LogP contribution in [0.1, 0.15) is 12.7 Å². The third-order valence-corrected chi connectivity index (χ3v) is 2.82. The molecule has 0 fully saturated rings. The summed E-state index contributed by atoms with van der Waals surface area (Å²) in [6.45, 7) is 3.26. The molecular formula is C11H14N10. The minimum Gasteiger partial charge on any atom is -0.368 e. The Morgan fingerprint density at radius 1 is 1.24 bits per heavy atom. The molecule has 0 aliphatic heterocycles. The molecule has 0 spiro atoms. The summed E-state index contributed by atoms with van der Waals surface area (Å²) < 4.78 is 3.58. The van der Waals surface area contributed by atoms with Gasteiger partial charge < -0.3 is 15.6 Å². The Labute approximate surface area is 120 Å². The Bertz CT molecular complexity index is 716. The molecule has 0 radical (unpaired) electrons. The van der Waals surface area contributed by atoms with Crippen molar-refractivity contribution in [2.24, 2.45) is 0 Å². The summed E-state index contributed by atoms with van der Waals surface area (Å²) in [6, 6.07) is 0. The molecule has 0 aromatic carbocycles. The predicted octanol–water partition coefficient (Wildman–Crippen LogP) is -0.137. The van der Waals surface area contributed by atoms with E-state index in [4.69, 9.17) is 5.73 Å². The highest BCUT2D eigenvalue weighted by atomic mass is 15.3. The minimum absolute atomic E-state index is 0.133. The van der Waals surface area contributed by atoms with Crippen LogP contribution < -0.4 is 11.1 Å². The third-order valence-electron chi connectivity index (χ3n) is 2.82. The molecule has 3 rings (SSSR count). The van der Waals surface area contributed by atoms with Crippen LogP contribution in [0.3, 0.4) is 0 Å². The van der Waals surface area contributed by atoms with Gasteiger partial charge in [0.1, 0.15) is 12.7 Å². The van der Waals surface area contributed by atoms with Gasteiger partial charge in [-0.1, -0.05) is 0 Å². The van der Waals surface area contributed by atoms with Crippen molar-refractivity contribution in [2.45, 2.75) is 20.0 Å². The molecule has 21 heavy (non-hydrogen) atoms. The van der Waals surface area contributed by atoms with E-state index in [0.29, 0.717) is 18.4 Å². The molecular weight excluding hydrogens is 272 g/mol. The van der Waals surface area contributed by atoms with Gasteiger partial charge in [-0.3, -0.25) is 4.57 Å². The van der Waals surface area contributed by atoms with Crippen molar-refractivity contribution in [3.05, 3.63) is 30.9 Å². The Balaban J connectivity index is 1.79. The van der Waals surface area contributed by atoms with Crippen molar-refractivity contribution in [1.82, 2.24) is 39.3 Å². The van der Waals surface area contributed by atoms with Gasteiger partial charge in [0.05, 0.1) is 6.54 Å². The first-order valence-corrected chi connectivity index (χ1v) is 6.36. The number of hydrogen-bond acceptors (Lipinski definition) is 8. The van der Waals surface area contributed by atoms with Crippen LogP contribution in [0.25, 0.3) is 5.95 Å². The van der Waals surface area contributed by atoms with E-state index >= 15 is 0 Å². The number of anilines is 2. The molecule has 0 atom stereocenters. The molecule has 3 N–H and O–H groups in total. The lowest BCUT2D eigenvalue weighted by Crippen LogP contribution is -2.13. The number of aryl methyl sites for hydroxylation is 1. The number of hydrogen-bond donors (Lipinski definition) is 2. The molecule has 0 unspecified atom stereocenters. The topological polar surface area (TPSA) is 125 Å². The normalized spacial score (nSPS) is 10.7. The summed E-state index contributed by atoms with van der Waals surface area (Å²) in [5.41, 5.74) is 5.70. The number of nitrogens with one attached hydrogen (secondary N) is 1. The molecule has 0 amide bonds. The highest BCUT2D eigenvalue weighted by Crippen LogP contribution is 2.08. The van der Waals surface area contributed by atoms with Gasteiger partial charge in [0.25, 0.3) is 0 Å². The zero-order chi connectivity index (χ0) is 14.7. The fourth-order valence-electron chi connectivity index (χ4n) is 1.79. The lowest BCUT2D eigenvalue weighted by atomic mass is 10.5. The van der Waals surface area contributed by atoms with E-state index in [-0.39, 0.29) is 5.95 Å². The fraction of sp³-hybridized carbons (Fsp3) is 0.273. The number of nitrogen functional groups attached to an aromatic ring is 1. The van der Waals surface area contributed by atoms with Crippen molar-refractivity contribution in [2.75, 3.05) is 11.1 Å². The maximum absolute atomic E-state index is 5.70. The monoisotopic (exact) mass is 286 g/mol. The second-order valence-corrected chi connectivity index (χ2v) is 4.17. The Morgan fingerprint density at radius 2 is 2.14 bits per heavy atom. The summed E-state index contributed by atoms with van der Waals surface area (Å²) in [5.74, 6) is 1.70. The first-order valence-electron chi connectivity index (χ1n) is 6.36. The number of imidazole rings is 1. The smallest absolute Gasteiger partial charge is 0.241 e. The van der Waals surface area contributed by atoms with Crippen molar-refractivity contribution in [1.29, 1.82) is 0 Å². The summed E-state index contributed by atoms with van der Waals surface area (Å²) in [4.78, 5) is 16.3. The average Bonchev–Trinajstić information content (AvgIpc) is 3.15. The van der Waals surface area contributed by atoms with Crippen molar-refractivity contribution < 1.29 is 0 Å². The highest BCUT2D eigenvalue weighted by Gasteiger charge is 2.08. The van der Waals surface area contributed by atoms with Crippen molar-refractivity contribution in [3.8, 4) is 5.95 Å². The SMILES string of the molecule is CCn1cnnc1CNc1nc(N)nc(-n2ccnc2)n1. The molecule has 3 aromatic heterocycles. The molecule has 0 bridgehead atoms. The molecule has 3 aromatic rings. The number of nitrogens with two attached hydrogens (primary N) is 1. The van der Waals surface area contributed by atoms with E-state index in [2.05, 4.69) is 35.5 Å². The van der Waals surface area contributed by atoms with Crippen LogP contribution in [-0.4, -0.2) is 39.3 Å². The Hall–Kier alpha value is -3.04. The average molecular weight is 286 g/mol. The number of rotatable bonds is 5. The zero-order valence-corrected chi connectivity index (χ0v) is 11.4. The molecule has 3 heterocycles. The van der Waals surface area contributed by atoms with Gasteiger partial charge in [0.15, 0.2) is 5.82 Å². The second kappa shape index (κ2) is 5.53. The van der Waals surface area contributed by atoms with Crippen LogP contribution in [0.4, 0.5) is 11.9 Å². The molecule has 0 saturated carbocycles. The Morgan fingerprint density at radius 3 is 2.90 bits per heavy atom. The Kier molecular flexibility index (Phi) is 3.41. The second-order valence-electron chi connectivity index (χ2n) is 4.17. The molecule has 10 heteroatoms. The van der Waals surface area contributed by atoms with E-state index in [1.807, 2.05) is 11.5 Å². The molecule has 108 valence electrons. The molecule has 0 aliphatic carbocycles. The van der Waals surface area contributed by atoms with Crippen LogP contribution >= 0.6 is 0 Å².